The summed E-state index contributed by atoms with van der Waals surface area (Å²) >= 11 is 2.84. The molecule has 0 aliphatic carbocycles. The lowest BCUT2D eigenvalue weighted by molar-refractivity contribution is -0.116. The number of nitrogens with zero attached hydrogens (tertiary/aromatic N) is 1. The second-order valence-electron chi connectivity index (χ2n) is 5.27. The molecule has 0 spiro atoms. The zero-order valence-corrected chi connectivity index (χ0v) is 15.4. The number of carbonyl (C=O) groups is 2. The van der Waals surface area contributed by atoms with Gasteiger partial charge in [-0.3, -0.25) is 9.59 Å². The summed E-state index contributed by atoms with van der Waals surface area (Å²) in [5, 5.41) is 7.84. The first-order chi connectivity index (χ1) is 11.6. The summed E-state index contributed by atoms with van der Waals surface area (Å²) < 4.78 is 0. The number of carbonyl (C=O) groups excluding carboxylic acids is 2. The van der Waals surface area contributed by atoms with Gasteiger partial charge in [-0.1, -0.05) is 19.4 Å². The van der Waals surface area contributed by atoms with Gasteiger partial charge in [0, 0.05) is 28.6 Å². The van der Waals surface area contributed by atoms with E-state index in [2.05, 4.69) is 22.5 Å². The third-order valence-corrected chi connectivity index (χ3v) is 5.00. The predicted molar refractivity (Wildman–Crippen MR) is 101 cm³/mol. The van der Waals surface area contributed by atoms with Gasteiger partial charge in [0.25, 0.3) is 0 Å². The molecule has 1 aromatic heterocycles. The van der Waals surface area contributed by atoms with Gasteiger partial charge in [0.1, 0.15) is 0 Å². The molecule has 0 saturated heterocycles. The quantitative estimate of drug-likeness (QED) is 0.682. The summed E-state index contributed by atoms with van der Waals surface area (Å²) in [6.07, 6.45) is 4.06. The average Bonchev–Trinajstić information content (AvgIpc) is 3.06. The van der Waals surface area contributed by atoms with Crippen LogP contribution in [0.5, 0.6) is 0 Å². The maximum absolute atomic E-state index is 12.2. The molecule has 7 heteroatoms. The molecule has 2 rings (SSSR count). The summed E-state index contributed by atoms with van der Waals surface area (Å²) in [7, 11) is 0. The highest BCUT2D eigenvalue weighted by molar-refractivity contribution is 8.00. The van der Waals surface area contributed by atoms with Gasteiger partial charge >= 0.3 is 0 Å². The summed E-state index contributed by atoms with van der Waals surface area (Å²) in [5.41, 5.74) is 0.758. The molecule has 0 fully saturated rings. The summed E-state index contributed by atoms with van der Waals surface area (Å²) in [5.74, 6) is -0.0686. The smallest absolute Gasteiger partial charge is 0.239 e. The third-order valence-electron chi connectivity index (χ3n) is 3.22. The van der Waals surface area contributed by atoms with Crippen LogP contribution in [0.25, 0.3) is 0 Å². The molecule has 1 aromatic carbocycles. The van der Waals surface area contributed by atoms with Crippen molar-refractivity contribution in [3.05, 3.63) is 35.8 Å². The number of anilines is 2. The number of unbranched alkanes of at least 4 members (excludes halogenated alkanes) is 1. The minimum absolute atomic E-state index is 0.0218. The molecular formula is C17H21N3O2S2. The van der Waals surface area contributed by atoms with Gasteiger partial charge in [-0.25, -0.2) is 4.98 Å². The first-order valence-electron chi connectivity index (χ1n) is 7.85. The third kappa shape index (κ3) is 5.98. The molecule has 1 heterocycles. The van der Waals surface area contributed by atoms with E-state index in [-0.39, 0.29) is 17.1 Å². The SMILES string of the molecule is CCCCC(=O)Nc1cccc(SC(C)C(=O)Nc2nccs2)c1. The van der Waals surface area contributed by atoms with E-state index in [1.807, 2.05) is 36.6 Å². The number of nitrogens with one attached hydrogen (secondary N) is 2. The fourth-order valence-corrected chi connectivity index (χ4v) is 3.42. The van der Waals surface area contributed by atoms with Crippen molar-refractivity contribution in [3.8, 4) is 0 Å². The number of thioether (sulfide) groups is 1. The van der Waals surface area contributed by atoms with Crippen molar-refractivity contribution in [3.63, 3.8) is 0 Å². The summed E-state index contributed by atoms with van der Waals surface area (Å²) in [4.78, 5) is 28.9. The van der Waals surface area contributed by atoms with Crippen LogP contribution in [0.4, 0.5) is 10.8 Å². The molecule has 0 saturated carbocycles. The Labute approximate surface area is 150 Å². The highest BCUT2D eigenvalue weighted by atomic mass is 32.2. The molecule has 128 valence electrons. The molecule has 0 radical (unpaired) electrons. The second-order valence-corrected chi connectivity index (χ2v) is 7.57. The van der Waals surface area contributed by atoms with E-state index < -0.39 is 0 Å². The molecule has 1 atom stereocenters. The Morgan fingerprint density at radius 2 is 2.17 bits per heavy atom. The lowest BCUT2D eigenvalue weighted by Crippen LogP contribution is -2.22. The lowest BCUT2D eigenvalue weighted by Gasteiger charge is -2.12. The van der Waals surface area contributed by atoms with Gasteiger partial charge in [-0.2, -0.15) is 0 Å². The van der Waals surface area contributed by atoms with E-state index >= 15 is 0 Å². The topological polar surface area (TPSA) is 71.1 Å². The molecular weight excluding hydrogens is 342 g/mol. The summed E-state index contributed by atoms with van der Waals surface area (Å²) in [6.45, 7) is 3.91. The molecule has 5 nitrogen and oxygen atoms in total. The summed E-state index contributed by atoms with van der Waals surface area (Å²) in [6, 6.07) is 7.55. The highest BCUT2D eigenvalue weighted by Gasteiger charge is 2.15. The van der Waals surface area contributed by atoms with E-state index in [0.29, 0.717) is 11.6 Å². The number of thiazole rings is 1. The van der Waals surface area contributed by atoms with Gasteiger partial charge in [-0.05, 0) is 31.5 Å². The highest BCUT2D eigenvalue weighted by Crippen LogP contribution is 2.27. The largest absolute Gasteiger partial charge is 0.326 e. The molecule has 0 bridgehead atoms. The Balaban J connectivity index is 1.90. The minimum atomic E-state index is -0.264. The molecule has 0 aliphatic heterocycles. The number of benzene rings is 1. The van der Waals surface area contributed by atoms with Crippen LogP contribution in [0.2, 0.25) is 0 Å². The van der Waals surface area contributed by atoms with Crippen molar-refractivity contribution in [2.45, 2.75) is 43.3 Å². The van der Waals surface area contributed by atoms with E-state index in [4.69, 9.17) is 0 Å². The van der Waals surface area contributed by atoms with Crippen LogP contribution >= 0.6 is 23.1 Å². The Morgan fingerprint density at radius 3 is 2.88 bits per heavy atom. The van der Waals surface area contributed by atoms with Crippen molar-refractivity contribution in [1.29, 1.82) is 0 Å². The number of rotatable bonds is 8. The number of hydrogen-bond acceptors (Lipinski definition) is 5. The predicted octanol–water partition coefficient (Wildman–Crippen LogP) is 4.39. The molecule has 2 amide bonds. The number of hydrogen-bond donors (Lipinski definition) is 2. The van der Waals surface area contributed by atoms with Crippen LogP contribution in [0.15, 0.2) is 40.7 Å². The number of amides is 2. The van der Waals surface area contributed by atoms with Gasteiger partial charge in [-0.15, -0.1) is 23.1 Å². The van der Waals surface area contributed by atoms with Crippen LogP contribution in [0.3, 0.4) is 0 Å². The Bertz CT molecular complexity index is 674. The van der Waals surface area contributed by atoms with Crippen LogP contribution in [-0.2, 0) is 9.59 Å². The van der Waals surface area contributed by atoms with Crippen molar-refractivity contribution < 1.29 is 9.59 Å². The van der Waals surface area contributed by atoms with Crippen molar-refractivity contribution in [2.75, 3.05) is 10.6 Å². The van der Waals surface area contributed by atoms with E-state index in [9.17, 15) is 9.59 Å². The Hall–Kier alpha value is -1.86. The normalized spacial score (nSPS) is 11.8. The first-order valence-corrected chi connectivity index (χ1v) is 9.61. The van der Waals surface area contributed by atoms with E-state index in [1.54, 1.807) is 6.20 Å². The lowest BCUT2D eigenvalue weighted by atomic mass is 10.2. The maximum Gasteiger partial charge on any atom is 0.239 e. The van der Waals surface area contributed by atoms with Crippen molar-refractivity contribution in [1.82, 2.24) is 4.98 Å². The maximum atomic E-state index is 12.2. The van der Waals surface area contributed by atoms with Crippen LogP contribution in [-0.4, -0.2) is 22.0 Å². The van der Waals surface area contributed by atoms with Crippen LogP contribution < -0.4 is 10.6 Å². The van der Waals surface area contributed by atoms with Crippen LogP contribution in [0, 0.1) is 0 Å². The van der Waals surface area contributed by atoms with E-state index in [1.165, 1.54) is 23.1 Å². The molecule has 2 aromatic rings. The van der Waals surface area contributed by atoms with E-state index in [0.717, 1.165) is 23.4 Å². The minimum Gasteiger partial charge on any atom is -0.326 e. The fraction of sp³-hybridized carbons (Fsp3) is 0.353. The standard InChI is InChI=1S/C17H21N3O2S2/c1-3-4-8-15(21)19-13-6-5-7-14(11-13)24-12(2)16(22)20-17-18-9-10-23-17/h5-7,9-12H,3-4,8H2,1-2H3,(H,19,21)(H,18,20,22). The molecule has 24 heavy (non-hydrogen) atoms. The van der Waals surface area contributed by atoms with Crippen LogP contribution in [0.1, 0.15) is 33.1 Å². The second kappa shape index (κ2) is 9.44. The van der Waals surface area contributed by atoms with Gasteiger partial charge in [0.05, 0.1) is 5.25 Å². The van der Waals surface area contributed by atoms with Gasteiger partial charge < -0.3 is 10.6 Å². The van der Waals surface area contributed by atoms with Gasteiger partial charge in [0.2, 0.25) is 11.8 Å². The Kier molecular flexibility index (Phi) is 7.27. The first kappa shape index (κ1) is 18.5. The monoisotopic (exact) mass is 363 g/mol. The zero-order valence-electron chi connectivity index (χ0n) is 13.7. The fourth-order valence-electron chi connectivity index (χ4n) is 1.96. The zero-order chi connectivity index (χ0) is 17.4. The molecule has 1 unspecified atom stereocenters. The average molecular weight is 364 g/mol. The van der Waals surface area contributed by atoms with Gasteiger partial charge in [0.15, 0.2) is 5.13 Å². The molecule has 2 N–H and O–H groups in total. The molecule has 0 aliphatic rings. The van der Waals surface area contributed by atoms with Crippen molar-refractivity contribution >= 4 is 45.7 Å². The Morgan fingerprint density at radius 1 is 1.33 bits per heavy atom. The number of aromatic nitrogens is 1. The van der Waals surface area contributed by atoms with Crippen molar-refractivity contribution in [2.24, 2.45) is 0 Å².